The van der Waals surface area contributed by atoms with Gasteiger partial charge in [0.2, 0.25) is 0 Å². The molecule has 0 fully saturated rings. The molecule has 0 spiro atoms. The summed E-state index contributed by atoms with van der Waals surface area (Å²) in [6, 6.07) is 0.271. The molecule has 0 aromatic rings. The molecule has 11 heavy (non-hydrogen) atoms. The Balaban J connectivity index is 2.60. The molecular weight excluding hydrogens is 134 g/mol. The number of nitrogens with two attached hydrogens (primary N) is 1. The molecule has 0 aliphatic heterocycles. The van der Waals surface area contributed by atoms with Gasteiger partial charge in [0.15, 0.2) is 0 Å². The van der Waals surface area contributed by atoms with Gasteiger partial charge in [0.25, 0.3) is 0 Å². The second kappa shape index (κ2) is 3.72. The highest BCUT2D eigenvalue weighted by atomic mass is 14.6. The van der Waals surface area contributed by atoms with E-state index < -0.39 is 0 Å². The summed E-state index contributed by atoms with van der Waals surface area (Å²) >= 11 is 0. The first-order valence-electron chi connectivity index (χ1n) is 4.30. The van der Waals surface area contributed by atoms with E-state index in [9.17, 15) is 0 Å². The van der Waals surface area contributed by atoms with Crippen LogP contribution < -0.4 is 5.73 Å². The summed E-state index contributed by atoms with van der Waals surface area (Å²) in [5.74, 6) is 1.31. The summed E-state index contributed by atoms with van der Waals surface area (Å²) in [4.78, 5) is 0. The van der Waals surface area contributed by atoms with Gasteiger partial charge >= 0.3 is 0 Å². The zero-order chi connectivity index (χ0) is 8.27. The maximum absolute atomic E-state index is 5.80. The molecule has 0 bridgehead atoms. The number of hydrogen-bond donors (Lipinski definition) is 1. The Morgan fingerprint density at radius 2 is 2.18 bits per heavy atom. The largest absolute Gasteiger partial charge is 0.324 e. The maximum Gasteiger partial charge on any atom is 0.0229 e. The molecular formula is C10H17N. The van der Waals surface area contributed by atoms with Gasteiger partial charge in [0.1, 0.15) is 0 Å². The lowest BCUT2D eigenvalue weighted by Gasteiger charge is -2.25. The second-order valence-corrected chi connectivity index (χ2v) is 3.33. The Hall–Kier alpha value is -0.560. The van der Waals surface area contributed by atoms with Crippen LogP contribution in [0.5, 0.6) is 0 Å². The third kappa shape index (κ3) is 2.19. The molecule has 3 atom stereocenters. The lowest BCUT2D eigenvalue weighted by Crippen LogP contribution is -2.27. The van der Waals surface area contributed by atoms with Gasteiger partial charge in [0.05, 0.1) is 0 Å². The zero-order valence-corrected chi connectivity index (χ0v) is 7.33. The minimum Gasteiger partial charge on any atom is -0.324 e. The molecule has 1 nitrogen and oxygen atoms in total. The van der Waals surface area contributed by atoms with Crippen LogP contribution in [-0.4, -0.2) is 6.04 Å². The fourth-order valence-electron chi connectivity index (χ4n) is 1.57. The Bertz CT molecular complexity index is 170. The minimum absolute atomic E-state index is 0.271. The van der Waals surface area contributed by atoms with Crippen molar-refractivity contribution in [2.75, 3.05) is 0 Å². The maximum atomic E-state index is 5.80. The molecule has 0 saturated carbocycles. The summed E-state index contributed by atoms with van der Waals surface area (Å²) in [7, 11) is 0. The first-order valence-corrected chi connectivity index (χ1v) is 4.30. The number of allylic oxidation sites excluding steroid dienone is 3. The van der Waals surface area contributed by atoms with E-state index in [4.69, 9.17) is 5.73 Å². The molecule has 0 aromatic carbocycles. The van der Waals surface area contributed by atoms with Crippen LogP contribution in [0, 0.1) is 11.8 Å². The van der Waals surface area contributed by atoms with Gasteiger partial charge in [-0.05, 0) is 25.2 Å². The van der Waals surface area contributed by atoms with Crippen LogP contribution in [0.4, 0.5) is 0 Å². The van der Waals surface area contributed by atoms with Crippen molar-refractivity contribution in [3.05, 3.63) is 24.3 Å². The average molecular weight is 151 g/mol. The summed E-state index contributed by atoms with van der Waals surface area (Å²) < 4.78 is 0. The van der Waals surface area contributed by atoms with Gasteiger partial charge in [-0.15, -0.1) is 0 Å². The van der Waals surface area contributed by atoms with Gasteiger partial charge in [-0.25, -0.2) is 0 Å². The molecule has 0 heterocycles. The lowest BCUT2D eigenvalue weighted by atomic mass is 9.83. The van der Waals surface area contributed by atoms with Crippen LogP contribution in [-0.2, 0) is 0 Å². The third-order valence-electron chi connectivity index (χ3n) is 2.32. The molecule has 1 aliphatic carbocycles. The Labute approximate surface area is 69.0 Å². The highest BCUT2D eigenvalue weighted by Crippen LogP contribution is 2.24. The smallest absolute Gasteiger partial charge is 0.0229 e. The van der Waals surface area contributed by atoms with E-state index in [0.29, 0.717) is 11.8 Å². The third-order valence-corrected chi connectivity index (χ3v) is 2.32. The molecule has 1 aliphatic rings. The SMILES string of the molecule is C/C=C\C1CC(N)C=CC1C. The van der Waals surface area contributed by atoms with Gasteiger partial charge in [-0.1, -0.05) is 31.2 Å². The Morgan fingerprint density at radius 3 is 2.82 bits per heavy atom. The van der Waals surface area contributed by atoms with Crippen molar-refractivity contribution >= 4 is 0 Å². The standard InChI is InChI=1S/C10H17N/c1-3-4-9-7-10(11)6-5-8(9)2/h3-6,8-10H,7,11H2,1-2H3/b4-3-. The number of hydrogen-bond acceptors (Lipinski definition) is 1. The molecule has 0 amide bonds. The van der Waals surface area contributed by atoms with Crippen LogP contribution in [0.3, 0.4) is 0 Å². The average Bonchev–Trinajstić information content (AvgIpc) is 1.98. The molecule has 62 valence electrons. The van der Waals surface area contributed by atoms with Crippen LogP contribution in [0.25, 0.3) is 0 Å². The summed E-state index contributed by atoms with van der Waals surface area (Å²) in [6.45, 7) is 4.31. The molecule has 1 heteroatoms. The monoisotopic (exact) mass is 151 g/mol. The van der Waals surface area contributed by atoms with Crippen molar-refractivity contribution in [3.63, 3.8) is 0 Å². The van der Waals surface area contributed by atoms with Crippen LogP contribution >= 0.6 is 0 Å². The first kappa shape index (κ1) is 8.54. The van der Waals surface area contributed by atoms with E-state index in [1.54, 1.807) is 0 Å². The van der Waals surface area contributed by atoms with Crippen molar-refractivity contribution in [3.8, 4) is 0 Å². The topological polar surface area (TPSA) is 26.0 Å². The van der Waals surface area contributed by atoms with Crippen LogP contribution in [0.15, 0.2) is 24.3 Å². The van der Waals surface area contributed by atoms with Crippen molar-refractivity contribution in [2.45, 2.75) is 26.3 Å². The zero-order valence-electron chi connectivity index (χ0n) is 7.33. The van der Waals surface area contributed by atoms with E-state index in [1.807, 2.05) is 0 Å². The predicted octanol–water partition coefficient (Wildman–Crippen LogP) is 2.10. The van der Waals surface area contributed by atoms with Crippen molar-refractivity contribution < 1.29 is 0 Å². The van der Waals surface area contributed by atoms with Crippen LogP contribution in [0.2, 0.25) is 0 Å². The fraction of sp³-hybridized carbons (Fsp3) is 0.600. The summed E-state index contributed by atoms with van der Waals surface area (Å²) in [6.07, 6.45) is 9.81. The second-order valence-electron chi connectivity index (χ2n) is 3.33. The van der Waals surface area contributed by atoms with Crippen molar-refractivity contribution in [1.29, 1.82) is 0 Å². The first-order chi connectivity index (χ1) is 5.24. The summed E-state index contributed by atoms with van der Waals surface area (Å²) in [5, 5.41) is 0. The van der Waals surface area contributed by atoms with Gasteiger partial charge in [0, 0.05) is 6.04 Å². The van der Waals surface area contributed by atoms with Crippen LogP contribution in [0.1, 0.15) is 20.3 Å². The molecule has 1 rings (SSSR count). The normalized spacial score (nSPS) is 38.3. The molecule has 0 radical (unpaired) electrons. The minimum atomic E-state index is 0.271. The molecule has 0 aromatic heterocycles. The van der Waals surface area contributed by atoms with Gasteiger partial charge < -0.3 is 5.73 Å². The van der Waals surface area contributed by atoms with E-state index in [-0.39, 0.29) is 6.04 Å². The quantitative estimate of drug-likeness (QED) is 0.571. The van der Waals surface area contributed by atoms with E-state index in [0.717, 1.165) is 6.42 Å². The molecule has 0 saturated heterocycles. The van der Waals surface area contributed by atoms with E-state index >= 15 is 0 Å². The fourth-order valence-corrected chi connectivity index (χ4v) is 1.57. The Morgan fingerprint density at radius 1 is 1.45 bits per heavy atom. The molecule has 3 unspecified atom stereocenters. The Kier molecular flexibility index (Phi) is 2.89. The predicted molar refractivity (Wildman–Crippen MR) is 49.2 cm³/mol. The van der Waals surface area contributed by atoms with E-state index in [1.165, 1.54) is 0 Å². The molecule has 2 N–H and O–H groups in total. The number of rotatable bonds is 1. The van der Waals surface area contributed by atoms with E-state index in [2.05, 4.69) is 38.2 Å². The van der Waals surface area contributed by atoms with Crippen molar-refractivity contribution in [2.24, 2.45) is 17.6 Å². The highest BCUT2D eigenvalue weighted by molar-refractivity contribution is 5.07. The highest BCUT2D eigenvalue weighted by Gasteiger charge is 2.18. The van der Waals surface area contributed by atoms with Gasteiger partial charge in [-0.3, -0.25) is 0 Å². The van der Waals surface area contributed by atoms with Crippen molar-refractivity contribution in [1.82, 2.24) is 0 Å². The van der Waals surface area contributed by atoms with Gasteiger partial charge in [-0.2, -0.15) is 0 Å². The lowest BCUT2D eigenvalue weighted by molar-refractivity contribution is 0.431. The summed E-state index contributed by atoms with van der Waals surface area (Å²) in [5.41, 5.74) is 5.80.